The molecule has 0 aromatic rings. The molecule has 0 aliphatic carbocycles. The zero-order valence-electron chi connectivity index (χ0n) is 8.19. The van der Waals surface area contributed by atoms with Crippen LogP contribution < -0.4 is 0 Å². The van der Waals surface area contributed by atoms with E-state index in [0.717, 1.165) is 19.3 Å². The van der Waals surface area contributed by atoms with Crippen molar-refractivity contribution in [2.75, 3.05) is 20.7 Å². The summed E-state index contributed by atoms with van der Waals surface area (Å²) in [5.41, 5.74) is 0. The van der Waals surface area contributed by atoms with Gasteiger partial charge in [-0.1, -0.05) is 0 Å². The van der Waals surface area contributed by atoms with Crippen molar-refractivity contribution in [3.05, 3.63) is 0 Å². The van der Waals surface area contributed by atoms with Crippen LogP contribution in [0.1, 0.15) is 19.3 Å². The lowest BCUT2D eigenvalue weighted by atomic mass is 10.0. The van der Waals surface area contributed by atoms with Gasteiger partial charge >= 0.3 is 5.97 Å². The minimum atomic E-state index is -0.795. The standard InChI is InChI=1S/C9H17NO3/c1-10(2)8(9(11)12)7-5-3-4-6-13-7/h7-8H,3-6H2,1-2H3,(H,11,12). The second-order valence-electron chi connectivity index (χ2n) is 3.65. The number of ether oxygens (including phenoxy) is 1. The van der Waals surface area contributed by atoms with E-state index in [1.807, 2.05) is 0 Å². The Labute approximate surface area is 78.5 Å². The van der Waals surface area contributed by atoms with Crippen LogP contribution >= 0.6 is 0 Å². The number of aliphatic carboxylic acids is 1. The molecule has 1 heterocycles. The van der Waals surface area contributed by atoms with Crippen molar-refractivity contribution in [2.24, 2.45) is 0 Å². The monoisotopic (exact) mass is 187 g/mol. The summed E-state index contributed by atoms with van der Waals surface area (Å²) in [6.45, 7) is 0.697. The average molecular weight is 187 g/mol. The Morgan fingerprint density at radius 3 is 2.62 bits per heavy atom. The van der Waals surface area contributed by atoms with Gasteiger partial charge in [-0.3, -0.25) is 9.69 Å². The van der Waals surface area contributed by atoms with Crippen LogP contribution in [0.2, 0.25) is 0 Å². The van der Waals surface area contributed by atoms with Crippen molar-refractivity contribution in [1.29, 1.82) is 0 Å². The van der Waals surface area contributed by atoms with Crippen LogP contribution in [0, 0.1) is 0 Å². The lowest BCUT2D eigenvalue weighted by Gasteiger charge is -2.31. The third-order valence-electron chi connectivity index (χ3n) is 2.38. The normalized spacial score (nSPS) is 25.9. The highest BCUT2D eigenvalue weighted by atomic mass is 16.5. The smallest absolute Gasteiger partial charge is 0.323 e. The Morgan fingerprint density at radius 2 is 2.23 bits per heavy atom. The predicted octanol–water partition coefficient (Wildman–Crippen LogP) is 0.570. The van der Waals surface area contributed by atoms with E-state index >= 15 is 0 Å². The van der Waals surface area contributed by atoms with Crippen molar-refractivity contribution < 1.29 is 14.6 Å². The van der Waals surface area contributed by atoms with Gasteiger partial charge in [0.05, 0.1) is 6.10 Å². The van der Waals surface area contributed by atoms with Gasteiger partial charge in [-0.25, -0.2) is 0 Å². The second kappa shape index (κ2) is 4.58. The summed E-state index contributed by atoms with van der Waals surface area (Å²) in [5, 5.41) is 8.97. The molecule has 4 nitrogen and oxygen atoms in total. The van der Waals surface area contributed by atoms with Crippen molar-refractivity contribution in [3.8, 4) is 0 Å². The summed E-state index contributed by atoms with van der Waals surface area (Å²) < 4.78 is 5.44. The molecule has 0 saturated carbocycles. The van der Waals surface area contributed by atoms with Gasteiger partial charge in [-0.15, -0.1) is 0 Å². The fraction of sp³-hybridized carbons (Fsp3) is 0.889. The molecule has 2 unspecified atom stereocenters. The summed E-state index contributed by atoms with van der Waals surface area (Å²) in [4.78, 5) is 12.6. The summed E-state index contributed by atoms with van der Waals surface area (Å²) >= 11 is 0. The first kappa shape index (κ1) is 10.5. The minimum absolute atomic E-state index is 0.138. The number of hydrogen-bond donors (Lipinski definition) is 1. The molecule has 1 rings (SSSR count). The fourth-order valence-corrected chi connectivity index (χ4v) is 1.73. The summed E-state index contributed by atoms with van der Waals surface area (Å²) in [7, 11) is 3.55. The van der Waals surface area contributed by atoms with Crippen LogP contribution in [0.15, 0.2) is 0 Å². The van der Waals surface area contributed by atoms with Crippen molar-refractivity contribution >= 4 is 5.97 Å². The molecule has 2 atom stereocenters. The van der Waals surface area contributed by atoms with E-state index in [4.69, 9.17) is 9.84 Å². The molecule has 0 aromatic heterocycles. The summed E-state index contributed by atoms with van der Waals surface area (Å²) in [5.74, 6) is -0.795. The van der Waals surface area contributed by atoms with Gasteiger partial charge in [0.25, 0.3) is 0 Å². The Morgan fingerprint density at radius 1 is 1.54 bits per heavy atom. The molecule has 13 heavy (non-hydrogen) atoms. The minimum Gasteiger partial charge on any atom is -0.480 e. The maximum atomic E-state index is 10.9. The zero-order valence-corrected chi connectivity index (χ0v) is 8.19. The van der Waals surface area contributed by atoms with Gasteiger partial charge < -0.3 is 9.84 Å². The van der Waals surface area contributed by atoms with E-state index in [1.54, 1.807) is 19.0 Å². The lowest BCUT2D eigenvalue weighted by molar-refractivity contribution is -0.150. The first-order valence-corrected chi connectivity index (χ1v) is 4.63. The highest BCUT2D eigenvalue weighted by Gasteiger charge is 2.31. The number of rotatable bonds is 3. The first-order chi connectivity index (χ1) is 6.13. The second-order valence-corrected chi connectivity index (χ2v) is 3.65. The number of hydrogen-bond acceptors (Lipinski definition) is 3. The van der Waals surface area contributed by atoms with Crippen molar-refractivity contribution in [3.63, 3.8) is 0 Å². The number of carbonyl (C=O) groups is 1. The number of likely N-dealkylation sites (N-methyl/N-ethyl adjacent to an activating group) is 1. The molecule has 0 aromatic carbocycles. The highest BCUT2D eigenvalue weighted by Crippen LogP contribution is 2.18. The molecule has 0 spiro atoms. The van der Waals surface area contributed by atoms with Gasteiger partial charge in [-0.2, -0.15) is 0 Å². The Balaban J connectivity index is 2.57. The third-order valence-corrected chi connectivity index (χ3v) is 2.38. The molecule has 1 N–H and O–H groups in total. The SMILES string of the molecule is CN(C)C(C(=O)O)C1CCCCO1. The Bertz CT molecular complexity index is 176. The highest BCUT2D eigenvalue weighted by molar-refractivity contribution is 5.74. The molecular formula is C9H17NO3. The Kier molecular flexibility index (Phi) is 3.69. The third kappa shape index (κ3) is 2.67. The quantitative estimate of drug-likeness (QED) is 0.701. The van der Waals surface area contributed by atoms with Crippen LogP contribution in [0.5, 0.6) is 0 Å². The largest absolute Gasteiger partial charge is 0.480 e. The van der Waals surface area contributed by atoms with Gasteiger partial charge in [0.1, 0.15) is 6.04 Å². The zero-order chi connectivity index (χ0) is 9.84. The van der Waals surface area contributed by atoms with E-state index in [9.17, 15) is 4.79 Å². The van der Waals surface area contributed by atoms with Gasteiger partial charge in [0.2, 0.25) is 0 Å². The van der Waals surface area contributed by atoms with Gasteiger partial charge in [0.15, 0.2) is 0 Å². The fourth-order valence-electron chi connectivity index (χ4n) is 1.73. The molecule has 4 heteroatoms. The molecule has 1 saturated heterocycles. The number of carboxylic acid groups (broad SMARTS) is 1. The molecular weight excluding hydrogens is 170 g/mol. The van der Waals surface area contributed by atoms with Crippen LogP contribution in [-0.2, 0) is 9.53 Å². The topological polar surface area (TPSA) is 49.8 Å². The van der Waals surface area contributed by atoms with Crippen LogP contribution in [0.4, 0.5) is 0 Å². The van der Waals surface area contributed by atoms with E-state index in [0.29, 0.717) is 6.61 Å². The number of carboxylic acids is 1. The van der Waals surface area contributed by atoms with Gasteiger partial charge in [-0.05, 0) is 33.4 Å². The molecule has 0 amide bonds. The maximum Gasteiger partial charge on any atom is 0.323 e. The molecule has 76 valence electrons. The van der Waals surface area contributed by atoms with E-state index in [1.165, 1.54) is 0 Å². The first-order valence-electron chi connectivity index (χ1n) is 4.63. The molecule has 1 aliphatic rings. The van der Waals surface area contributed by atoms with Crippen LogP contribution in [0.3, 0.4) is 0 Å². The van der Waals surface area contributed by atoms with E-state index in [2.05, 4.69) is 0 Å². The van der Waals surface area contributed by atoms with E-state index in [-0.39, 0.29) is 6.10 Å². The van der Waals surface area contributed by atoms with Crippen molar-refractivity contribution in [1.82, 2.24) is 4.90 Å². The van der Waals surface area contributed by atoms with Gasteiger partial charge in [0, 0.05) is 6.61 Å². The molecule has 1 aliphatic heterocycles. The van der Waals surface area contributed by atoms with Crippen LogP contribution in [0.25, 0.3) is 0 Å². The maximum absolute atomic E-state index is 10.9. The Hall–Kier alpha value is -0.610. The molecule has 1 fully saturated rings. The summed E-state index contributed by atoms with van der Waals surface area (Å²) in [6.07, 6.45) is 2.84. The summed E-state index contributed by atoms with van der Waals surface area (Å²) in [6, 6.07) is -0.500. The predicted molar refractivity (Wildman–Crippen MR) is 48.7 cm³/mol. The van der Waals surface area contributed by atoms with Crippen molar-refractivity contribution in [2.45, 2.75) is 31.4 Å². The average Bonchev–Trinajstić information content (AvgIpc) is 2.04. The molecule has 0 bridgehead atoms. The lowest BCUT2D eigenvalue weighted by Crippen LogP contribution is -2.47. The molecule has 0 radical (unpaired) electrons. The number of nitrogens with zero attached hydrogens (tertiary/aromatic N) is 1. The van der Waals surface area contributed by atoms with Crippen LogP contribution in [-0.4, -0.2) is 48.8 Å². The van der Waals surface area contributed by atoms with E-state index < -0.39 is 12.0 Å².